The number of H-pyrrole nitrogens is 1. The molecular weight excluding hydrogens is 350 g/mol. The Morgan fingerprint density at radius 2 is 2.15 bits per heavy atom. The molecule has 0 atom stereocenters. The van der Waals surface area contributed by atoms with E-state index < -0.39 is 5.91 Å². The zero-order valence-corrected chi connectivity index (χ0v) is 14.4. The Morgan fingerprint density at radius 1 is 1.31 bits per heavy atom. The van der Waals surface area contributed by atoms with Crippen LogP contribution in [0, 0.1) is 0 Å². The van der Waals surface area contributed by atoms with Crippen LogP contribution in [-0.4, -0.2) is 31.9 Å². The summed E-state index contributed by atoms with van der Waals surface area (Å²) in [7, 11) is 0. The summed E-state index contributed by atoms with van der Waals surface area (Å²) in [6, 6.07) is 6.22. The van der Waals surface area contributed by atoms with E-state index in [1.807, 2.05) is 18.2 Å². The fourth-order valence-electron chi connectivity index (χ4n) is 2.97. The molecule has 0 unspecified atom stereocenters. The van der Waals surface area contributed by atoms with Gasteiger partial charge in [-0.05, 0) is 25.0 Å². The maximum Gasteiger partial charge on any atom is 0.260 e. The van der Waals surface area contributed by atoms with Gasteiger partial charge in [0.25, 0.3) is 5.91 Å². The normalized spacial score (nSPS) is 14.2. The minimum atomic E-state index is -0.558. The first-order valence-electron chi connectivity index (χ1n) is 8.20. The zero-order valence-electron chi connectivity index (χ0n) is 13.6. The number of primary amides is 1. The molecule has 1 aromatic carbocycles. The van der Waals surface area contributed by atoms with Crippen LogP contribution in [0.25, 0.3) is 32.5 Å². The Balaban J connectivity index is 1.78. The lowest BCUT2D eigenvalue weighted by atomic mass is 10.1. The van der Waals surface area contributed by atoms with E-state index in [0.717, 1.165) is 29.4 Å². The Hall–Kier alpha value is -3.20. The van der Waals surface area contributed by atoms with Crippen molar-refractivity contribution in [1.82, 2.24) is 19.9 Å². The number of nitrogens with zero attached hydrogens (tertiary/aromatic N) is 3. The van der Waals surface area contributed by atoms with Gasteiger partial charge in [-0.15, -0.1) is 11.3 Å². The number of thiophene rings is 1. The number of imidazole rings is 1. The van der Waals surface area contributed by atoms with Crippen LogP contribution in [0.3, 0.4) is 0 Å². The number of rotatable bonds is 4. The highest BCUT2D eigenvalue weighted by atomic mass is 32.1. The largest absolute Gasteiger partial charge is 0.397 e. The van der Waals surface area contributed by atoms with Crippen LogP contribution in [0.5, 0.6) is 0 Å². The molecule has 6 N–H and O–H groups in total. The number of nitrogens with two attached hydrogens (primary N) is 2. The van der Waals surface area contributed by atoms with Gasteiger partial charge >= 0.3 is 0 Å². The van der Waals surface area contributed by atoms with Crippen molar-refractivity contribution in [3.8, 4) is 11.3 Å². The van der Waals surface area contributed by atoms with Gasteiger partial charge in [0.1, 0.15) is 9.71 Å². The van der Waals surface area contributed by atoms with Gasteiger partial charge in [0.15, 0.2) is 0 Å². The van der Waals surface area contributed by atoms with Crippen molar-refractivity contribution in [2.75, 3.05) is 11.1 Å². The first kappa shape index (κ1) is 15.1. The number of hydrogen-bond acceptors (Lipinski definition) is 7. The average molecular weight is 365 g/mol. The topological polar surface area (TPSA) is 136 Å². The van der Waals surface area contributed by atoms with Crippen LogP contribution in [0.1, 0.15) is 22.5 Å². The lowest BCUT2D eigenvalue weighted by Crippen LogP contribution is -2.10. The Labute approximate surface area is 151 Å². The van der Waals surface area contributed by atoms with Crippen LogP contribution in [0.15, 0.2) is 24.5 Å². The molecule has 0 spiro atoms. The number of carbonyl (C=O) groups is 1. The lowest BCUT2D eigenvalue weighted by Gasteiger charge is -2.08. The summed E-state index contributed by atoms with van der Waals surface area (Å²) < 4.78 is 0. The number of aromatic nitrogens is 4. The molecule has 1 fully saturated rings. The molecule has 0 aliphatic heterocycles. The molecule has 3 heterocycles. The van der Waals surface area contributed by atoms with Crippen molar-refractivity contribution < 1.29 is 4.79 Å². The van der Waals surface area contributed by atoms with E-state index >= 15 is 0 Å². The number of aromatic amines is 1. The second-order valence-electron chi connectivity index (χ2n) is 6.34. The summed E-state index contributed by atoms with van der Waals surface area (Å²) in [5, 5.41) is 3.97. The first-order chi connectivity index (χ1) is 12.6. The third-order valence-electron chi connectivity index (χ3n) is 4.42. The monoisotopic (exact) mass is 365 g/mol. The van der Waals surface area contributed by atoms with Gasteiger partial charge in [-0.25, -0.2) is 15.0 Å². The van der Waals surface area contributed by atoms with Gasteiger partial charge in [-0.1, -0.05) is 6.07 Å². The maximum atomic E-state index is 11.7. The van der Waals surface area contributed by atoms with Gasteiger partial charge in [0, 0.05) is 11.6 Å². The van der Waals surface area contributed by atoms with Crippen LogP contribution in [0.4, 0.5) is 11.6 Å². The molecule has 130 valence electrons. The summed E-state index contributed by atoms with van der Waals surface area (Å²) in [6.07, 6.45) is 3.86. The van der Waals surface area contributed by atoms with Crippen molar-refractivity contribution >= 4 is 50.1 Å². The van der Waals surface area contributed by atoms with Crippen molar-refractivity contribution in [1.29, 1.82) is 0 Å². The van der Waals surface area contributed by atoms with Gasteiger partial charge in [-0.3, -0.25) is 4.79 Å². The van der Waals surface area contributed by atoms with E-state index in [0.29, 0.717) is 38.5 Å². The fraction of sp³-hybridized carbons (Fsp3) is 0.176. The standard InChI is InChI=1S/C17H15N7OS/c18-12-11-13(7-1-4-9-10(5-7)21-6-20-9)23-17(22-8-2-3-8)24-16(11)26-14(12)15(19)25/h1,4-6,8H,2-3,18H2,(H2,19,25)(H,20,21)(H,22,23,24). The van der Waals surface area contributed by atoms with Gasteiger partial charge in [0.05, 0.1) is 34.1 Å². The van der Waals surface area contributed by atoms with Crippen LogP contribution >= 0.6 is 11.3 Å². The van der Waals surface area contributed by atoms with Crippen molar-refractivity contribution in [2.45, 2.75) is 18.9 Å². The van der Waals surface area contributed by atoms with Crippen LogP contribution in [0.2, 0.25) is 0 Å². The molecule has 0 bridgehead atoms. The molecule has 1 amide bonds. The molecule has 26 heavy (non-hydrogen) atoms. The summed E-state index contributed by atoms with van der Waals surface area (Å²) >= 11 is 1.20. The van der Waals surface area contributed by atoms with Crippen molar-refractivity contribution in [3.05, 3.63) is 29.4 Å². The molecule has 5 rings (SSSR count). The number of amides is 1. The molecule has 3 aromatic heterocycles. The number of benzene rings is 1. The minimum Gasteiger partial charge on any atom is -0.397 e. The molecule has 1 aliphatic rings. The van der Waals surface area contributed by atoms with E-state index in [1.165, 1.54) is 11.3 Å². The maximum absolute atomic E-state index is 11.7. The number of anilines is 2. The highest BCUT2D eigenvalue weighted by molar-refractivity contribution is 7.21. The van der Waals surface area contributed by atoms with E-state index in [2.05, 4.69) is 20.3 Å². The SMILES string of the molecule is NC(=O)c1sc2nc(NC3CC3)nc(-c3ccc4nc[nH]c4c3)c2c1N. The first-order valence-corrected chi connectivity index (χ1v) is 9.01. The third kappa shape index (κ3) is 2.36. The number of hydrogen-bond donors (Lipinski definition) is 4. The number of fused-ring (bicyclic) bond motifs is 2. The smallest absolute Gasteiger partial charge is 0.260 e. The predicted octanol–water partition coefficient (Wildman–Crippen LogP) is 2.49. The number of nitrogen functional groups attached to an aromatic ring is 1. The highest BCUT2D eigenvalue weighted by Crippen LogP contribution is 2.39. The minimum absolute atomic E-state index is 0.307. The van der Waals surface area contributed by atoms with Gasteiger partial charge < -0.3 is 21.8 Å². The van der Waals surface area contributed by atoms with E-state index in [4.69, 9.17) is 16.5 Å². The number of carbonyl (C=O) groups excluding carboxylic acids is 1. The summed E-state index contributed by atoms with van der Waals surface area (Å²) in [5.74, 6) is -0.0193. The molecule has 8 nitrogen and oxygen atoms in total. The quantitative estimate of drug-likeness (QED) is 0.439. The summed E-state index contributed by atoms with van der Waals surface area (Å²) in [5.41, 5.74) is 15.3. The molecule has 9 heteroatoms. The van der Waals surface area contributed by atoms with E-state index in [1.54, 1.807) is 6.33 Å². The molecule has 1 aliphatic carbocycles. The third-order valence-corrected chi connectivity index (χ3v) is 5.53. The van der Waals surface area contributed by atoms with Crippen LogP contribution < -0.4 is 16.8 Å². The van der Waals surface area contributed by atoms with Gasteiger partial charge in [0.2, 0.25) is 5.95 Å². The molecule has 0 saturated heterocycles. The summed E-state index contributed by atoms with van der Waals surface area (Å²) in [4.78, 5) is 29.3. The molecule has 0 radical (unpaired) electrons. The predicted molar refractivity (Wildman–Crippen MR) is 102 cm³/mol. The zero-order chi connectivity index (χ0) is 17.8. The van der Waals surface area contributed by atoms with E-state index in [9.17, 15) is 4.79 Å². The van der Waals surface area contributed by atoms with E-state index in [-0.39, 0.29) is 0 Å². The Kier molecular flexibility index (Phi) is 3.13. The van der Waals surface area contributed by atoms with Crippen LogP contribution in [-0.2, 0) is 0 Å². The highest BCUT2D eigenvalue weighted by Gasteiger charge is 2.25. The second kappa shape index (κ2) is 5.40. The number of nitrogens with one attached hydrogen (secondary N) is 2. The average Bonchev–Trinajstić information content (AvgIpc) is 3.19. The second-order valence-corrected chi connectivity index (χ2v) is 7.34. The van der Waals surface area contributed by atoms with Crippen molar-refractivity contribution in [2.24, 2.45) is 5.73 Å². The van der Waals surface area contributed by atoms with Gasteiger partial charge in [-0.2, -0.15) is 0 Å². The van der Waals surface area contributed by atoms with Crippen molar-refractivity contribution in [3.63, 3.8) is 0 Å². The lowest BCUT2D eigenvalue weighted by molar-refractivity contribution is 0.100. The summed E-state index contributed by atoms with van der Waals surface area (Å²) in [6.45, 7) is 0. The molecule has 4 aromatic rings. The Morgan fingerprint density at radius 3 is 2.92 bits per heavy atom. The molecule has 1 saturated carbocycles. The Bertz CT molecular complexity index is 1170. The fourth-order valence-corrected chi connectivity index (χ4v) is 3.92. The molecular formula is C17H15N7OS.